The van der Waals surface area contributed by atoms with Crippen molar-refractivity contribution in [3.8, 4) is 0 Å². The first-order valence-corrected chi connectivity index (χ1v) is 27.3. The minimum atomic E-state index is -5.38. The number of carbonyl (C=O) groups excluding carboxylic acids is 2. The van der Waals surface area contributed by atoms with Crippen LogP contribution in [0.5, 0.6) is 0 Å². The molecule has 0 spiro atoms. The normalized spacial score (nSPS) is 22.4. The molecule has 1 aliphatic rings. The average Bonchev–Trinajstić information content (AvgIpc) is 3.29. The summed E-state index contributed by atoms with van der Waals surface area (Å²) in [5, 5.41) is 51.1. The van der Waals surface area contributed by atoms with E-state index in [9.17, 15) is 58.9 Å². The molecule has 0 saturated heterocycles. The average molecular weight is 1010 g/mol. The van der Waals surface area contributed by atoms with Gasteiger partial charge in [-0.2, -0.15) is 0 Å². The standard InChI is InChI=1S/C49H82O17P2/c1-3-5-7-8-9-10-11-12-13-16-20-23-26-29-33-37-43(52)64-41(39-63-68(60,61)66-49-46(55)44(53)45(54)48(47(49)56)65-67(57,58)59)38-62-42(51)36-32-28-25-22-19-17-14-15-18-21-24-27-31-35-40(50)34-30-6-4-2/h5-7,15,17-19,24-25,27-28,30-31,35,40-41,44-50,53-56H,3-4,8-14,16,20-23,26,29,32-34,36-39H2,1-2H3,(H,60,61)(H2,57,58,59)/b7-5-,18-15-,19-17-,27-24+,28-25-,30-6-,35-31+/t40?,41-,44?,45?,46?,47?,48-,49+/m1/s1. The van der Waals surface area contributed by atoms with Gasteiger partial charge in [-0.25, -0.2) is 9.13 Å². The molecule has 17 nitrogen and oxygen atoms in total. The molecule has 0 aromatic heterocycles. The Morgan fingerprint density at radius 3 is 1.65 bits per heavy atom. The van der Waals surface area contributed by atoms with Crippen LogP contribution in [0, 0.1) is 0 Å². The number of carbonyl (C=O) groups is 2. The van der Waals surface area contributed by atoms with Gasteiger partial charge in [0.25, 0.3) is 0 Å². The van der Waals surface area contributed by atoms with E-state index in [-0.39, 0.29) is 12.8 Å². The third-order valence-electron chi connectivity index (χ3n) is 10.6. The molecule has 1 aliphatic carbocycles. The summed E-state index contributed by atoms with van der Waals surface area (Å²) in [5.74, 6) is -1.33. The quantitative estimate of drug-likeness (QED) is 0.00944. The molecule has 0 radical (unpaired) electrons. The molecule has 0 aromatic carbocycles. The van der Waals surface area contributed by atoms with Crippen LogP contribution in [-0.4, -0.2) is 114 Å². The Hall–Kier alpha value is -2.86. The van der Waals surface area contributed by atoms with E-state index in [2.05, 4.69) is 23.6 Å². The Balaban J connectivity index is 2.64. The van der Waals surface area contributed by atoms with Crippen LogP contribution in [0.2, 0.25) is 0 Å². The van der Waals surface area contributed by atoms with Crippen LogP contribution >= 0.6 is 15.6 Å². The van der Waals surface area contributed by atoms with E-state index in [4.69, 9.17) is 18.5 Å². The SMILES string of the molecule is CC/C=C\CCCCCCCCCCCCCC(=O)O[C@H](COC(=O)CC/C=C\C/C=C\C/C=C\C/C=C/C=C/C(O)C/C=C\CC)COP(=O)(O)O[C@H]1C(O)C(O)C(O)[C@@H](OP(=O)(O)O)C1O. The number of phosphoric ester groups is 2. The summed E-state index contributed by atoms with van der Waals surface area (Å²) in [5.41, 5.74) is 0. The van der Waals surface area contributed by atoms with Gasteiger partial charge in [0.1, 0.15) is 43.2 Å². The van der Waals surface area contributed by atoms with Crippen molar-refractivity contribution in [3.63, 3.8) is 0 Å². The Morgan fingerprint density at radius 2 is 1.06 bits per heavy atom. The monoisotopic (exact) mass is 1000 g/mol. The molecule has 6 unspecified atom stereocenters. The number of ether oxygens (including phenoxy) is 2. The smallest absolute Gasteiger partial charge is 0.462 e. The van der Waals surface area contributed by atoms with Gasteiger partial charge in [-0.15, -0.1) is 0 Å². The van der Waals surface area contributed by atoms with E-state index in [1.165, 1.54) is 32.1 Å². The van der Waals surface area contributed by atoms with Crippen molar-refractivity contribution in [3.05, 3.63) is 85.1 Å². The van der Waals surface area contributed by atoms with Gasteiger partial charge in [-0.1, -0.05) is 157 Å². The predicted molar refractivity (Wildman–Crippen MR) is 261 cm³/mol. The summed E-state index contributed by atoms with van der Waals surface area (Å²) in [4.78, 5) is 54.3. The van der Waals surface area contributed by atoms with Gasteiger partial charge >= 0.3 is 27.6 Å². The van der Waals surface area contributed by atoms with Crippen molar-refractivity contribution in [2.24, 2.45) is 0 Å². The molecular formula is C49H82O17P2. The first-order valence-electron chi connectivity index (χ1n) is 24.2. The minimum absolute atomic E-state index is 0.0156. The minimum Gasteiger partial charge on any atom is -0.462 e. The van der Waals surface area contributed by atoms with Gasteiger partial charge in [0.05, 0.1) is 12.7 Å². The molecule has 0 heterocycles. The van der Waals surface area contributed by atoms with Crippen molar-refractivity contribution in [2.45, 2.75) is 198 Å². The maximum absolute atomic E-state index is 13.0. The molecule has 8 N–H and O–H groups in total. The number of hydrogen-bond donors (Lipinski definition) is 8. The lowest BCUT2D eigenvalue weighted by Gasteiger charge is -2.43. The highest BCUT2D eigenvalue weighted by Gasteiger charge is 2.54. The zero-order valence-electron chi connectivity index (χ0n) is 40.1. The van der Waals surface area contributed by atoms with Crippen LogP contribution in [0.3, 0.4) is 0 Å². The number of allylic oxidation sites excluding steroid dienone is 12. The van der Waals surface area contributed by atoms with Gasteiger partial charge in [0.2, 0.25) is 0 Å². The van der Waals surface area contributed by atoms with Crippen molar-refractivity contribution >= 4 is 27.6 Å². The lowest BCUT2D eigenvalue weighted by molar-refractivity contribution is -0.216. The number of esters is 2. The molecule has 68 heavy (non-hydrogen) atoms. The summed E-state index contributed by atoms with van der Waals surface area (Å²) in [7, 11) is -10.7. The Labute approximate surface area is 404 Å². The highest BCUT2D eigenvalue weighted by molar-refractivity contribution is 7.47. The Morgan fingerprint density at radius 1 is 0.544 bits per heavy atom. The molecular weight excluding hydrogens is 922 g/mol. The Bertz CT molecular complexity index is 1650. The molecule has 0 bridgehead atoms. The fourth-order valence-corrected chi connectivity index (χ4v) is 8.38. The third-order valence-corrected chi connectivity index (χ3v) is 12.1. The number of aliphatic hydroxyl groups excluding tert-OH is 5. The largest absolute Gasteiger partial charge is 0.472 e. The lowest BCUT2D eigenvalue weighted by Crippen LogP contribution is -2.64. The van der Waals surface area contributed by atoms with Crippen molar-refractivity contribution < 1.29 is 82.0 Å². The number of unbranched alkanes of at least 4 members (excludes halogenated alkanes) is 11. The third kappa shape index (κ3) is 32.9. The summed E-state index contributed by atoms with van der Waals surface area (Å²) in [6, 6.07) is 0. The highest BCUT2D eigenvalue weighted by atomic mass is 31.2. The molecule has 0 aliphatic heterocycles. The van der Waals surface area contributed by atoms with E-state index in [0.717, 1.165) is 64.2 Å². The molecule has 1 fully saturated rings. The fraction of sp³-hybridized carbons (Fsp3) is 0.673. The summed E-state index contributed by atoms with van der Waals surface area (Å²) >= 11 is 0. The molecule has 1 rings (SSSR count). The first-order chi connectivity index (χ1) is 32.5. The van der Waals surface area contributed by atoms with Crippen LogP contribution in [0.4, 0.5) is 0 Å². The highest BCUT2D eigenvalue weighted by Crippen LogP contribution is 2.49. The van der Waals surface area contributed by atoms with E-state index < -0.39 is 89.6 Å². The van der Waals surface area contributed by atoms with Crippen LogP contribution < -0.4 is 0 Å². The molecule has 0 amide bonds. The maximum Gasteiger partial charge on any atom is 0.472 e. The predicted octanol–water partition coefficient (Wildman–Crippen LogP) is 8.36. The van der Waals surface area contributed by atoms with Gasteiger partial charge in [0, 0.05) is 12.8 Å². The summed E-state index contributed by atoms with van der Waals surface area (Å²) < 4.78 is 49.3. The lowest BCUT2D eigenvalue weighted by atomic mass is 9.85. The van der Waals surface area contributed by atoms with Gasteiger partial charge in [-0.05, 0) is 64.2 Å². The van der Waals surface area contributed by atoms with Crippen molar-refractivity contribution in [1.82, 2.24) is 0 Å². The van der Waals surface area contributed by atoms with Crippen LogP contribution in [-0.2, 0) is 41.8 Å². The zero-order valence-corrected chi connectivity index (χ0v) is 41.9. The topological polar surface area (TPSA) is 276 Å². The molecule has 9 atom stereocenters. The Kier molecular flexibility index (Phi) is 36.1. The first kappa shape index (κ1) is 63.2. The summed E-state index contributed by atoms with van der Waals surface area (Å²) in [6.07, 6.45) is 30.2. The van der Waals surface area contributed by atoms with Gasteiger partial charge < -0.3 is 49.7 Å². The van der Waals surface area contributed by atoms with E-state index in [0.29, 0.717) is 25.7 Å². The van der Waals surface area contributed by atoms with E-state index in [1.807, 2.05) is 73.8 Å². The number of phosphoric acid groups is 2. The van der Waals surface area contributed by atoms with Crippen LogP contribution in [0.1, 0.15) is 149 Å². The van der Waals surface area contributed by atoms with Gasteiger partial charge in [0.15, 0.2) is 6.10 Å². The second-order valence-electron chi connectivity index (χ2n) is 16.6. The zero-order chi connectivity index (χ0) is 50.5. The maximum atomic E-state index is 13.0. The summed E-state index contributed by atoms with van der Waals surface area (Å²) in [6.45, 7) is 2.75. The molecule has 390 valence electrons. The second-order valence-corrected chi connectivity index (χ2v) is 19.2. The van der Waals surface area contributed by atoms with Gasteiger partial charge in [-0.3, -0.25) is 23.2 Å². The van der Waals surface area contributed by atoms with Crippen molar-refractivity contribution in [1.29, 1.82) is 0 Å². The second kappa shape index (κ2) is 38.8. The molecule has 1 saturated carbocycles. The van der Waals surface area contributed by atoms with E-state index in [1.54, 1.807) is 6.08 Å². The molecule has 19 heteroatoms. The van der Waals surface area contributed by atoms with Crippen molar-refractivity contribution in [2.75, 3.05) is 13.2 Å². The van der Waals surface area contributed by atoms with Crippen LogP contribution in [0.15, 0.2) is 85.1 Å². The number of aliphatic hydroxyl groups is 5. The fourth-order valence-electron chi connectivity index (χ4n) is 6.84. The van der Waals surface area contributed by atoms with E-state index >= 15 is 0 Å². The molecule has 0 aromatic rings. The number of hydrogen-bond acceptors (Lipinski definition) is 14. The number of rotatable bonds is 39. The van der Waals surface area contributed by atoms with Crippen LogP contribution in [0.25, 0.3) is 0 Å².